The van der Waals surface area contributed by atoms with Crippen molar-refractivity contribution in [1.82, 2.24) is 4.98 Å². The molecule has 0 bridgehead atoms. The molecule has 1 heterocycles. The Hall–Kier alpha value is -1.52. The number of hydrogen-bond acceptors (Lipinski definition) is 3. The molecule has 0 saturated carbocycles. The first-order valence-electron chi connectivity index (χ1n) is 4.35. The van der Waals surface area contributed by atoms with Crippen LogP contribution in [0.3, 0.4) is 0 Å². The second-order valence-corrected chi connectivity index (χ2v) is 3.97. The van der Waals surface area contributed by atoms with Crippen molar-refractivity contribution in [3.63, 3.8) is 0 Å². The molecule has 0 radical (unpaired) electrons. The molecule has 1 aromatic rings. The number of halogens is 2. The molecule has 1 aromatic heterocycles. The van der Waals surface area contributed by atoms with Gasteiger partial charge in [0.2, 0.25) is 11.9 Å². The van der Waals surface area contributed by atoms with Crippen molar-refractivity contribution >= 4 is 5.97 Å². The Bertz CT molecular complexity index is 385. The number of carbonyl (C=O) groups excluding carboxylic acids is 1. The van der Waals surface area contributed by atoms with Crippen LogP contribution in [-0.2, 0) is 4.74 Å². The molecule has 0 unspecified atom stereocenters. The summed E-state index contributed by atoms with van der Waals surface area (Å²) in [6, 6.07) is 1.91. The SMILES string of the molecule is CC(C)(C)OC(=O)c1ccc(F)nc1F. The van der Waals surface area contributed by atoms with E-state index in [-0.39, 0.29) is 5.56 Å². The Balaban J connectivity index is 2.92. The van der Waals surface area contributed by atoms with E-state index in [2.05, 4.69) is 4.98 Å². The lowest BCUT2D eigenvalue weighted by Crippen LogP contribution is -2.24. The largest absolute Gasteiger partial charge is 0.456 e. The monoisotopic (exact) mass is 215 g/mol. The van der Waals surface area contributed by atoms with Crippen LogP contribution in [0.25, 0.3) is 0 Å². The van der Waals surface area contributed by atoms with Crippen LogP contribution >= 0.6 is 0 Å². The average molecular weight is 215 g/mol. The van der Waals surface area contributed by atoms with Gasteiger partial charge in [-0.3, -0.25) is 0 Å². The van der Waals surface area contributed by atoms with E-state index in [9.17, 15) is 13.6 Å². The van der Waals surface area contributed by atoms with Gasteiger partial charge in [0.05, 0.1) is 0 Å². The van der Waals surface area contributed by atoms with E-state index in [1.807, 2.05) is 0 Å². The van der Waals surface area contributed by atoms with Gasteiger partial charge < -0.3 is 4.74 Å². The molecule has 5 heteroatoms. The molecule has 15 heavy (non-hydrogen) atoms. The van der Waals surface area contributed by atoms with Gasteiger partial charge in [0.1, 0.15) is 11.2 Å². The van der Waals surface area contributed by atoms with E-state index in [1.54, 1.807) is 20.8 Å². The van der Waals surface area contributed by atoms with E-state index >= 15 is 0 Å². The third-order valence-corrected chi connectivity index (χ3v) is 1.43. The van der Waals surface area contributed by atoms with Crippen LogP contribution in [0.15, 0.2) is 12.1 Å². The van der Waals surface area contributed by atoms with Crippen molar-refractivity contribution in [1.29, 1.82) is 0 Å². The van der Waals surface area contributed by atoms with Crippen molar-refractivity contribution in [3.8, 4) is 0 Å². The molecule has 3 nitrogen and oxygen atoms in total. The summed E-state index contributed by atoms with van der Waals surface area (Å²) >= 11 is 0. The first-order valence-corrected chi connectivity index (χ1v) is 4.35. The van der Waals surface area contributed by atoms with Crippen LogP contribution in [0, 0.1) is 11.9 Å². The summed E-state index contributed by atoms with van der Waals surface area (Å²) in [6.45, 7) is 4.96. The summed E-state index contributed by atoms with van der Waals surface area (Å²) in [5, 5.41) is 0. The van der Waals surface area contributed by atoms with Crippen LogP contribution in [0.1, 0.15) is 31.1 Å². The van der Waals surface area contributed by atoms with Gasteiger partial charge in [-0.25, -0.2) is 4.79 Å². The minimum absolute atomic E-state index is 0.369. The maximum atomic E-state index is 13.0. The number of hydrogen-bond donors (Lipinski definition) is 0. The second-order valence-electron chi connectivity index (χ2n) is 3.97. The molecule has 0 aromatic carbocycles. The number of carbonyl (C=O) groups is 1. The Morgan fingerprint density at radius 2 is 1.93 bits per heavy atom. The summed E-state index contributed by atoms with van der Waals surface area (Å²) in [4.78, 5) is 14.3. The van der Waals surface area contributed by atoms with Crippen LogP contribution in [0.5, 0.6) is 0 Å². The van der Waals surface area contributed by atoms with Crippen molar-refractivity contribution in [3.05, 3.63) is 29.6 Å². The van der Waals surface area contributed by atoms with Crippen molar-refractivity contribution < 1.29 is 18.3 Å². The van der Waals surface area contributed by atoms with Gasteiger partial charge in [-0.2, -0.15) is 13.8 Å². The number of aromatic nitrogens is 1. The first kappa shape index (κ1) is 11.6. The Labute approximate surface area is 86.1 Å². The van der Waals surface area contributed by atoms with Crippen molar-refractivity contribution in [2.75, 3.05) is 0 Å². The summed E-state index contributed by atoms with van der Waals surface area (Å²) in [7, 11) is 0. The summed E-state index contributed by atoms with van der Waals surface area (Å²) in [5.41, 5.74) is -1.09. The van der Waals surface area contributed by atoms with Crippen LogP contribution in [0.2, 0.25) is 0 Å². The van der Waals surface area contributed by atoms with Crippen LogP contribution < -0.4 is 0 Å². The number of esters is 1. The van der Waals surface area contributed by atoms with Crippen molar-refractivity contribution in [2.24, 2.45) is 0 Å². The second kappa shape index (κ2) is 3.92. The minimum atomic E-state index is -1.16. The standard InChI is InChI=1S/C10H11F2NO2/c1-10(2,3)15-9(14)6-4-5-7(11)13-8(6)12/h4-5H,1-3H3. The zero-order chi connectivity index (χ0) is 11.6. The third-order valence-electron chi connectivity index (χ3n) is 1.43. The molecule has 0 fully saturated rings. The normalized spacial score (nSPS) is 11.3. The number of rotatable bonds is 1. The number of ether oxygens (including phenoxy) is 1. The molecule has 0 aliphatic heterocycles. The lowest BCUT2D eigenvalue weighted by Gasteiger charge is -2.19. The predicted molar refractivity (Wildman–Crippen MR) is 49.3 cm³/mol. The molecular weight excluding hydrogens is 204 g/mol. The molecule has 0 aliphatic rings. The molecule has 0 N–H and O–H groups in total. The Kier molecular flexibility index (Phi) is 3.02. The minimum Gasteiger partial charge on any atom is -0.456 e. The average Bonchev–Trinajstić information content (AvgIpc) is 1.99. The van der Waals surface area contributed by atoms with Crippen LogP contribution in [0.4, 0.5) is 8.78 Å². The third kappa shape index (κ3) is 3.27. The van der Waals surface area contributed by atoms with E-state index in [0.29, 0.717) is 0 Å². The summed E-state index contributed by atoms with van der Waals surface area (Å²) in [6.07, 6.45) is 0. The van der Waals surface area contributed by atoms with E-state index < -0.39 is 23.5 Å². The molecule has 0 atom stereocenters. The van der Waals surface area contributed by atoms with Crippen LogP contribution in [-0.4, -0.2) is 16.6 Å². The summed E-state index contributed by atoms with van der Waals surface area (Å²) in [5.74, 6) is -2.99. The zero-order valence-corrected chi connectivity index (χ0v) is 8.67. The van der Waals surface area contributed by atoms with E-state index in [0.717, 1.165) is 12.1 Å². The Morgan fingerprint density at radius 3 is 2.40 bits per heavy atom. The fourth-order valence-corrected chi connectivity index (χ4v) is 0.897. The van der Waals surface area contributed by atoms with Gasteiger partial charge in [0.15, 0.2) is 0 Å². The fraction of sp³-hybridized carbons (Fsp3) is 0.400. The fourth-order valence-electron chi connectivity index (χ4n) is 0.897. The molecule has 0 saturated heterocycles. The highest BCUT2D eigenvalue weighted by Crippen LogP contribution is 2.13. The maximum absolute atomic E-state index is 13.0. The Morgan fingerprint density at radius 1 is 1.33 bits per heavy atom. The van der Waals surface area contributed by atoms with Gasteiger partial charge in [0.25, 0.3) is 0 Å². The zero-order valence-electron chi connectivity index (χ0n) is 8.67. The lowest BCUT2D eigenvalue weighted by molar-refractivity contribution is 0.00635. The highest BCUT2D eigenvalue weighted by atomic mass is 19.1. The van der Waals surface area contributed by atoms with Gasteiger partial charge in [-0.1, -0.05) is 0 Å². The van der Waals surface area contributed by atoms with Gasteiger partial charge in [-0.05, 0) is 32.9 Å². The van der Waals surface area contributed by atoms with E-state index in [4.69, 9.17) is 4.74 Å². The smallest absolute Gasteiger partial charge is 0.343 e. The molecule has 0 spiro atoms. The van der Waals surface area contributed by atoms with Gasteiger partial charge >= 0.3 is 5.97 Å². The quantitative estimate of drug-likeness (QED) is 0.533. The van der Waals surface area contributed by atoms with Crippen molar-refractivity contribution in [2.45, 2.75) is 26.4 Å². The van der Waals surface area contributed by atoms with E-state index in [1.165, 1.54) is 0 Å². The number of nitrogens with zero attached hydrogens (tertiary/aromatic N) is 1. The highest BCUT2D eigenvalue weighted by molar-refractivity contribution is 5.89. The topological polar surface area (TPSA) is 39.2 Å². The molecular formula is C10H11F2NO2. The number of pyridine rings is 1. The predicted octanol–water partition coefficient (Wildman–Crippen LogP) is 2.32. The molecule has 0 amide bonds. The molecule has 82 valence electrons. The summed E-state index contributed by atoms with van der Waals surface area (Å²) < 4.78 is 30.4. The van der Waals surface area contributed by atoms with Gasteiger partial charge in [0, 0.05) is 0 Å². The lowest BCUT2D eigenvalue weighted by atomic mass is 10.2. The molecule has 0 aliphatic carbocycles. The maximum Gasteiger partial charge on any atom is 0.343 e. The molecule has 1 rings (SSSR count). The van der Waals surface area contributed by atoms with Gasteiger partial charge in [-0.15, -0.1) is 0 Å². The first-order chi connectivity index (χ1) is 6.79. The highest BCUT2D eigenvalue weighted by Gasteiger charge is 2.21.